The highest BCUT2D eigenvalue weighted by Gasteiger charge is 2.04. The van der Waals surface area contributed by atoms with Crippen molar-refractivity contribution in [2.24, 2.45) is 0 Å². The average Bonchev–Trinajstić information content (AvgIpc) is 2.47. The molecule has 0 heterocycles. The van der Waals surface area contributed by atoms with Crippen LogP contribution in [0.2, 0.25) is 0 Å². The van der Waals surface area contributed by atoms with Gasteiger partial charge in [0, 0.05) is 0 Å². The molecule has 0 saturated carbocycles. The van der Waals surface area contributed by atoms with Crippen LogP contribution in [-0.4, -0.2) is 12.1 Å². The van der Waals surface area contributed by atoms with Crippen LogP contribution in [0.25, 0.3) is 0 Å². The molecule has 0 spiro atoms. The van der Waals surface area contributed by atoms with Crippen LogP contribution in [0.4, 0.5) is 0 Å². The average molecular weight is 271 g/mol. The first kappa shape index (κ1) is 13.9. The van der Waals surface area contributed by atoms with E-state index in [1.165, 1.54) is 6.92 Å². The maximum absolute atomic E-state index is 10.6. The molecule has 2 aromatic rings. The smallest absolute Gasteiger partial charge is 0.135 e. The fourth-order valence-corrected chi connectivity index (χ4v) is 1.61. The number of hydrogen-bond donors (Lipinski definition) is 0. The maximum Gasteiger partial charge on any atom is 0.135 e. The highest BCUT2D eigenvalue weighted by atomic mass is 16.5. The molecule has 0 unspecified atom stereocenters. The van der Waals surface area contributed by atoms with Crippen molar-refractivity contribution >= 4 is 5.97 Å². The zero-order chi connectivity index (χ0) is 14.4. The molecule has 0 bridgehead atoms. The molecule has 0 saturated heterocycles. The molecule has 0 radical (unpaired) electrons. The second-order valence-electron chi connectivity index (χ2n) is 4.32. The van der Waals surface area contributed by atoms with Crippen molar-refractivity contribution in [3.63, 3.8) is 0 Å². The SMILES string of the molecule is C[C@@H](Oc1ccc(OCc2ccccc2)cc1)C(=O)[O-]. The zero-order valence-corrected chi connectivity index (χ0v) is 11.1. The number of benzene rings is 2. The summed E-state index contributed by atoms with van der Waals surface area (Å²) in [5.41, 5.74) is 1.08. The van der Waals surface area contributed by atoms with Crippen molar-refractivity contribution in [1.82, 2.24) is 0 Å². The van der Waals surface area contributed by atoms with E-state index >= 15 is 0 Å². The highest BCUT2D eigenvalue weighted by molar-refractivity contribution is 5.69. The summed E-state index contributed by atoms with van der Waals surface area (Å²) in [5, 5.41) is 10.6. The normalized spacial score (nSPS) is 11.7. The fourth-order valence-electron chi connectivity index (χ4n) is 1.61. The van der Waals surface area contributed by atoms with Gasteiger partial charge < -0.3 is 19.4 Å². The predicted octanol–water partition coefficient (Wildman–Crippen LogP) is 1.78. The van der Waals surface area contributed by atoms with Gasteiger partial charge in [-0.2, -0.15) is 0 Å². The van der Waals surface area contributed by atoms with Gasteiger partial charge >= 0.3 is 0 Å². The number of aliphatic carboxylic acids is 1. The molecule has 4 heteroatoms. The van der Waals surface area contributed by atoms with Crippen molar-refractivity contribution < 1.29 is 19.4 Å². The summed E-state index contributed by atoms with van der Waals surface area (Å²) in [6.07, 6.45) is -0.980. The minimum Gasteiger partial charge on any atom is -0.546 e. The minimum atomic E-state index is -1.24. The third-order valence-corrected chi connectivity index (χ3v) is 2.72. The van der Waals surface area contributed by atoms with E-state index in [-0.39, 0.29) is 0 Å². The number of ether oxygens (including phenoxy) is 2. The Balaban J connectivity index is 1.90. The van der Waals surface area contributed by atoms with Crippen molar-refractivity contribution in [2.45, 2.75) is 19.6 Å². The van der Waals surface area contributed by atoms with Gasteiger partial charge in [-0.1, -0.05) is 30.3 Å². The van der Waals surface area contributed by atoms with Gasteiger partial charge in [0.15, 0.2) is 0 Å². The van der Waals surface area contributed by atoms with Gasteiger partial charge in [-0.15, -0.1) is 0 Å². The summed E-state index contributed by atoms with van der Waals surface area (Å²) in [5.74, 6) is -0.0783. The molecular weight excluding hydrogens is 256 g/mol. The molecule has 1 atom stereocenters. The standard InChI is InChI=1S/C16H16O4/c1-12(16(17)18)20-15-9-7-14(8-10-15)19-11-13-5-3-2-4-6-13/h2-10,12H,11H2,1H3,(H,17,18)/p-1/t12-/m1/s1. The monoisotopic (exact) mass is 271 g/mol. The number of carboxylic acid groups (broad SMARTS) is 1. The van der Waals surface area contributed by atoms with Crippen LogP contribution in [0.3, 0.4) is 0 Å². The van der Waals surface area contributed by atoms with E-state index in [2.05, 4.69) is 0 Å². The van der Waals surface area contributed by atoms with Crippen LogP contribution in [0.5, 0.6) is 11.5 Å². The summed E-state index contributed by atoms with van der Waals surface area (Å²) in [6, 6.07) is 16.6. The fraction of sp³-hybridized carbons (Fsp3) is 0.188. The highest BCUT2D eigenvalue weighted by Crippen LogP contribution is 2.19. The first-order chi connectivity index (χ1) is 9.65. The van der Waals surface area contributed by atoms with E-state index in [1.54, 1.807) is 24.3 Å². The van der Waals surface area contributed by atoms with Crippen molar-refractivity contribution in [1.29, 1.82) is 0 Å². The number of hydrogen-bond acceptors (Lipinski definition) is 4. The van der Waals surface area contributed by atoms with Crippen LogP contribution in [-0.2, 0) is 11.4 Å². The largest absolute Gasteiger partial charge is 0.546 e. The summed E-state index contributed by atoms with van der Waals surface area (Å²) in [6.45, 7) is 1.91. The van der Waals surface area contributed by atoms with Gasteiger partial charge in [-0.25, -0.2) is 0 Å². The first-order valence-electron chi connectivity index (χ1n) is 6.29. The predicted molar refractivity (Wildman–Crippen MR) is 72.3 cm³/mol. The van der Waals surface area contributed by atoms with E-state index in [0.29, 0.717) is 18.1 Å². The molecule has 0 aliphatic carbocycles. The lowest BCUT2D eigenvalue weighted by molar-refractivity contribution is -0.312. The van der Waals surface area contributed by atoms with E-state index in [0.717, 1.165) is 5.56 Å². The Hall–Kier alpha value is -2.49. The number of carboxylic acids is 1. The van der Waals surface area contributed by atoms with Gasteiger partial charge in [0.25, 0.3) is 0 Å². The van der Waals surface area contributed by atoms with Gasteiger partial charge in [0.05, 0.1) is 5.97 Å². The molecule has 0 aliphatic rings. The van der Waals surface area contributed by atoms with E-state index in [9.17, 15) is 9.90 Å². The van der Waals surface area contributed by atoms with Gasteiger partial charge in [-0.05, 0) is 36.8 Å². The zero-order valence-electron chi connectivity index (χ0n) is 11.1. The van der Waals surface area contributed by atoms with Crippen molar-refractivity contribution in [3.05, 3.63) is 60.2 Å². The molecule has 2 rings (SSSR count). The van der Waals surface area contributed by atoms with Crippen molar-refractivity contribution in [3.8, 4) is 11.5 Å². The second-order valence-corrected chi connectivity index (χ2v) is 4.32. The van der Waals surface area contributed by atoms with Gasteiger partial charge in [-0.3, -0.25) is 0 Å². The molecule has 104 valence electrons. The Morgan fingerprint density at radius 2 is 1.65 bits per heavy atom. The van der Waals surface area contributed by atoms with Crippen LogP contribution in [0.1, 0.15) is 12.5 Å². The Labute approximate surface area is 117 Å². The Morgan fingerprint density at radius 3 is 2.25 bits per heavy atom. The third kappa shape index (κ3) is 4.02. The molecule has 0 amide bonds. The summed E-state index contributed by atoms with van der Waals surface area (Å²) in [7, 11) is 0. The molecular formula is C16H15O4-. The number of carbonyl (C=O) groups excluding carboxylic acids is 1. The maximum atomic E-state index is 10.6. The van der Waals surface area contributed by atoms with E-state index in [4.69, 9.17) is 9.47 Å². The van der Waals surface area contributed by atoms with Crippen LogP contribution >= 0.6 is 0 Å². The van der Waals surface area contributed by atoms with E-state index in [1.807, 2.05) is 30.3 Å². The molecule has 0 aromatic heterocycles. The number of rotatable bonds is 6. The van der Waals surface area contributed by atoms with Crippen LogP contribution in [0, 0.1) is 0 Å². The first-order valence-corrected chi connectivity index (χ1v) is 6.29. The quantitative estimate of drug-likeness (QED) is 0.803. The van der Waals surface area contributed by atoms with Crippen LogP contribution in [0.15, 0.2) is 54.6 Å². The Bertz CT molecular complexity index is 548. The molecule has 2 aromatic carbocycles. The lowest BCUT2D eigenvalue weighted by Crippen LogP contribution is -2.37. The second kappa shape index (κ2) is 6.61. The van der Waals surface area contributed by atoms with Gasteiger partial charge in [0.2, 0.25) is 0 Å². The Kier molecular flexibility index (Phi) is 4.60. The number of carbonyl (C=O) groups is 1. The molecule has 0 N–H and O–H groups in total. The molecule has 20 heavy (non-hydrogen) atoms. The van der Waals surface area contributed by atoms with E-state index < -0.39 is 12.1 Å². The summed E-state index contributed by atoms with van der Waals surface area (Å²) < 4.78 is 10.8. The molecule has 0 fully saturated rings. The summed E-state index contributed by atoms with van der Waals surface area (Å²) >= 11 is 0. The molecule has 4 nitrogen and oxygen atoms in total. The third-order valence-electron chi connectivity index (χ3n) is 2.72. The van der Waals surface area contributed by atoms with Crippen molar-refractivity contribution in [2.75, 3.05) is 0 Å². The van der Waals surface area contributed by atoms with Gasteiger partial charge in [0.1, 0.15) is 24.2 Å². The lowest BCUT2D eigenvalue weighted by atomic mass is 10.2. The topological polar surface area (TPSA) is 58.6 Å². The van der Waals surface area contributed by atoms with Crippen LogP contribution < -0.4 is 14.6 Å². The lowest BCUT2D eigenvalue weighted by Gasteiger charge is -2.15. The Morgan fingerprint density at radius 1 is 1.05 bits per heavy atom. The summed E-state index contributed by atoms with van der Waals surface area (Å²) in [4.78, 5) is 10.6. The molecule has 0 aliphatic heterocycles. The minimum absolute atomic E-state index is 0.466.